The maximum absolute atomic E-state index is 12.1. The molecule has 7 nitrogen and oxygen atoms in total. The van der Waals surface area contributed by atoms with Gasteiger partial charge in [0.05, 0.1) is 15.4 Å². The molecule has 0 unspecified atom stereocenters. The van der Waals surface area contributed by atoms with E-state index >= 15 is 0 Å². The monoisotopic (exact) mass is 388 g/mol. The van der Waals surface area contributed by atoms with Crippen molar-refractivity contribution >= 4 is 29.3 Å². The summed E-state index contributed by atoms with van der Waals surface area (Å²) in [5.41, 5.74) is -0.161. The summed E-state index contributed by atoms with van der Waals surface area (Å²) >= 11 is 1.23. The van der Waals surface area contributed by atoms with Crippen LogP contribution in [0.2, 0.25) is 0 Å². The van der Waals surface area contributed by atoms with Crippen LogP contribution in [-0.4, -0.2) is 30.0 Å². The van der Waals surface area contributed by atoms with Gasteiger partial charge in [0.2, 0.25) is 0 Å². The number of carbonyl (C=O) groups is 2. The minimum absolute atomic E-state index is 0.0282. The second kappa shape index (κ2) is 10.3. The molecule has 142 valence electrons. The number of nitrogens with zero attached hydrogens (tertiary/aromatic N) is 1. The van der Waals surface area contributed by atoms with Crippen LogP contribution in [0.3, 0.4) is 0 Å². The first-order valence-corrected chi connectivity index (χ1v) is 9.28. The first-order chi connectivity index (χ1) is 13.0. The highest BCUT2D eigenvalue weighted by molar-refractivity contribution is 7.99. The van der Waals surface area contributed by atoms with Gasteiger partial charge in [0.15, 0.2) is 6.61 Å². The Bertz CT molecular complexity index is 811. The Kier molecular flexibility index (Phi) is 7.81. The van der Waals surface area contributed by atoms with Crippen molar-refractivity contribution in [3.63, 3.8) is 0 Å². The Labute approximate surface area is 161 Å². The first kappa shape index (κ1) is 20.4. The number of rotatable bonds is 9. The van der Waals surface area contributed by atoms with Crippen LogP contribution in [0.15, 0.2) is 58.3 Å². The normalized spacial score (nSPS) is 10.3. The largest absolute Gasteiger partial charge is 0.452 e. The van der Waals surface area contributed by atoms with E-state index in [-0.39, 0.29) is 11.3 Å². The fourth-order valence-corrected chi connectivity index (χ4v) is 3.08. The van der Waals surface area contributed by atoms with E-state index < -0.39 is 23.4 Å². The summed E-state index contributed by atoms with van der Waals surface area (Å²) in [5.74, 6) is -1.18. The van der Waals surface area contributed by atoms with Crippen molar-refractivity contribution in [2.75, 3.05) is 13.2 Å². The Hall–Kier alpha value is -2.87. The summed E-state index contributed by atoms with van der Waals surface area (Å²) in [6.45, 7) is 2.10. The van der Waals surface area contributed by atoms with Crippen LogP contribution in [0.4, 0.5) is 5.69 Å². The molecular formula is C19H20N2O5S. The second-order valence-corrected chi connectivity index (χ2v) is 6.75. The van der Waals surface area contributed by atoms with Crippen LogP contribution < -0.4 is 5.32 Å². The maximum atomic E-state index is 12.1. The van der Waals surface area contributed by atoms with Gasteiger partial charge in [-0.2, -0.15) is 0 Å². The highest BCUT2D eigenvalue weighted by Gasteiger charge is 2.19. The minimum atomic E-state index is -0.778. The number of esters is 1. The Morgan fingerprint density at radius 3 is 2.59 bits per heavy atom. The molecule has 8 heteroatoms. The van der Waals surface area contributed by atoms with Gasteiger partial charge in [-0.15, -0.1) is 0 Å². The Morgan fingerprint density at radius 1 is 1.19 bits per heavy atom. The smallest absolute Gasteiger partial charge is 0.338 e. The molecule has 0 atom stereocenters. The average molecular weight is 388 g/mol. The summed E-state index contributed by atoms with van der Waals surface area (Å²) in [6, 6.07) is 13.3. The number of nitro groups is 1. The van der Waals surface area contributed by atoms with Crippen molar-refractivity contribution in [1.82, 2.24) is 5.32 Å². The number of hydrogen-bond donors (Lipinski definition) is 1. The summed E-state index contributed by atoms with van der Waals surface area (Å²) in [5, 5.41) is 14.0. The molecule has 2 rings (SSSR count). The van der Waals surface area contributed by atoms with E-state index in [0.29, 0.717) is 11.4 Å². The zero-order valence-corrected chi connectivity index (χ0v) is 15.7. The average Bonchev–Trinajstić information content (AvgIpc) is 2.67. The molecule has 0 aliphatic heterocycles. The van der Waals surface area contributed by atoms with E-state index in [1.807, 2.05) is 37.3 Å². The molecule has 0 bridgehead atoms. The lowest BCUT2D eigenvalue weighted by atomic mass is 10.2. The molecule has 0 aliphatic carbocycles. The van der Waals surface area contributed by atoms with Gasteiger partial charge in [-0.1, -0.05) is 43.3 Å². The van der Waals surface area contributed by atoms with Crippen LogP contribution in [-0.2, 0) is 9.53 Å². The Balaban J connectivity index is 2.05. The van der Waals surface area contributed by atoms with Crippen molar-refractivity contribution in [3.8, 4) is 0 Å². The lowest BCUT2D eigenvalue weighted by Gasteiger charge is -2.07. The predicted molar refractivity (Wildman–Crippen MR) is 102 cm³/mol. The fourth-order valence-electron chi connectivity index (χ4n) is 2.16. The highest BCUT2D eigenvalue weighted by atomic mass is 32.2. The number of unbranched alkanes of at least 4 members (excludes halogenated alkanes) is 1. The molecule has 0 saturated heterocycles. The van der Waals surface area contributed by atoms with Gasteiger partial charge < -0.3 is 10.1 Å². The number of ether oxygens (including phenoxy) is 1. The number of hydrogen-bond acceptors (Lipinski definition) is 6. The van der Waals surface area contributed by atoms with Crippen molar-refractivity contribution in [1.29, 1.82) is 0 Å². The lowest BCUT2D eigenvalue weighted by molar-refractivity contribution is -0.387. The lowest BCUT2D eigenvalue weighted by Crippen LogP contribution is -2.29. The van der Waals surface area contributed by atoms with E-state index in [1.54, 1.807) is 0 Å². The minimum Gasteiger partial charge on any atom is -0.452 e. The molecule has 27 heavy (non-hydrogen) atoms. The van der Waals surface area contributed by atoms with Crippen LogP contribution in [0.25, 0.3) is 0 Å². The number of amides is 1. The molecule has 0 radical (unpaired) electrons. The highest BCUT2D eigenvalue weighted by Crippen LogP contribution is 2.35. The molecule has 0 fully saturated rings. The van der Waals surface area contributed by atoms with E-state index in [9.17, 15) is 19.7 Å². The summed E-state index contributed by atoms with van der Waals surface area (Å²) in [4.78, 5) is 35.8. The van der Waals surface area contributed by atoms with Crippen molar-refractivity contribution in [2.45, 2.75) is 29.6 Å². The second-order valence-electron chi connectivity index (χ2n) is 5.63. The zero-order valence-electron chi connectivity index (χ0n) is 14.8. The first-order valence-electron chi connectivity index (χ1n) is 8.46. The van der Waals surface area contributed by atoms with Crippen molar-refractivity contribution < 1.29 is 19.2 Å². The van der Waals surface area contributed by atoms with Crippen LogP contribution in [0.5, 0.6) is 0 Å². The SMILES string of the molecule is CCCCNC(=O)COC(=O)c1ccc(Sc2ccccc2)c([N+](=O)[O-])c1. The third-order valence-corrected chi connectivity index (χ3v) is 4.62. The molecule has 0 saturated carbocycles. The molecule has 1 amide bonds. The van der Waals surface area contributed by atoms with Gasteiger partial charge in [-0.05, 0) is 30.7 Å². The predicted octanol–water partition coefficient (Wildman–Crippen LogP) is 3.82. The van der Waals surface area contributed by atoms with Gasteiger partial charge in [0.25, 0.3) is 11.6 Å². The zero-order chi connectivity index (χ0) is 19.6. The van der Waals surface area contributed by atoms with Gasteiger partial charge in [0, 0.05) is 17.5 Å². The number of carbonyl (C=O) groups excluding carboxylic acids is 2. The van der Waals surface area contributed by atoms with Crippen LogP contribution in [0, 0.1) is 10.1 Å². The van der Waals surface area contributed by atoms with E-state index in [0.717, 1.165) is 17.7 Å². The molecule has 0 heterocycles. The standard InChI is InChI=1S/C19H20N2O5S/c1-2-3-11-20-18(22)13-26-19(23)14-9-10-17(16(12-14)21(24)25)27-15-7-5-4-6-8-15/h4-10,12H,2-3,11,13H2,1H3,(H,20,22). The molecule has 0 aromatic heterocycles. The molecule has 1 N–H and O–H groups in total. The van der Waals surface area contributed by atoms with E-state index in [1.165, 1.54) is 30.0 Å². The van der Waals surface area contributed by atoms with Crippen molar-refractivity contribution in [3.05, 3.63) is 64.2 Å². The molecular weight excluding hydrogens is 368 g/mol. The number of nitrogens with one attached hydrogen (secondary N) is 1. The maximum Gasteiger partial charge on any atom is 0.338 e. The quantitative estimate of drug-likeness (QED) is 0.303. The molecule has 0 spiro atoms. The third-order valence-electron chi connectivity index (χ3n) is 3.55. The van der Waals surface area contributed by atoms with Gasteiger partial charge >= 0.3 is 5.97 Å². The van der Waals surface area contributed by atoms with Crippen LogP contribution >= 0.6 is 11.8 Å². The topological polar surface area (TPSA) is 98.5 Å². The van der Waals surface area contributed by atoms with Crippen LogP contribution in [0.1, 0.15) is 30.1 Å². The number of nitro benzene ring substituents is 1. The van der Waals surface area contributed by atoms with E-state index in [4.69, 9.17) is 4.74 Å². The summed E-state index contributed by atoms with van der Waals surface area (Å²) in [7, 11) is 0. The fraction of sp³-hybridized carbons (Fsp3) is 0.263. The van der Waals surface area contributed by atoms with Gasteiger partial charge in [-0.25, -0.2) is 4.79 Å². The summed E-state index contributed by atoms with van der Waals surface area (Å²) in [6.07, 6.45) is 1.78. The van der Waals surface area contributed by atoms with Gasteiger partial charge in [-0.3, -0.25) is 14.9 Å². The van der Waals surface area contributed by atoms with Gasteiger partial charge in [0.1, 0.15) is 0 Å². The summed E-state index contributed by atoms with van der Waals surface area (Å²) < 4.78 is 4.93. The van der Waals surface area contributed by atoms with E-state index in [2.05, 4.69) is 5.32 Å². The molecule has 2 aromatic carbocycles. The third kappa shape index (κ3) is 6.41. The number of benzene rings is 2. The Morgan fingerprint density at radius 2 is 1.93 bits per heavy atom. The molecule has 2 aromatic rings. The van der Waals surface area contributed by atoms with Crippen molar-refractivity contribution in [2.24, 2.45) is 0 Å². The molecule has 0 aliphatic rings.